The second-order valence-electron chi connectivity index (χ2n) is 8.29. The maximum absolute atomic E-state index is 13.2. The first-order valence-electron chi connectivity index (χ1n) is 11.6. The Labute approximate surface area is 210 Å². The van der Waals surface area contributed by atoms with Crippen LogP contribution < -0.4 is 5.32 Å². The predicted octanol–water partition coefficient (Wildman–Crippen LogP) is 3.74. The van der Waals surface area contributed by atoms with Gasteiger partial charge in [-0.1, -0.05) is 25.1 Å². The first kappa shape index (κ1) is 26.5. The van der Waals surface area contributed by atoms with Crippen molar-refractivity contribution in [3.8, 4) is 10.8 Å². The van der Waals surface area contributed by atoms with Crippen molar-refractivity contribution >= 4 is 28.8 Å². The third-order valence-electron chi connectivity index (χ3n) is 5.59. The molecule has 3 aromatic rings. The number of amides is 2. The minimum Gasteiger partial charge on any atom is -0.418 e. The van der Waals surface area contributed by atoms with Gasteiger partial charge in [0, 0.05) is 25.9 Å². The van der Waals surface area contributed by atoms with E-state index >= 15 is 0 Å². The van der Waals surface area contributed by atoms with E-state index < -0.39 is 0 Å². The first-order valence-corrected chi connectivity index (χ1v) is 12.5. The molecule has 1 N–H and O–H groups in total. The number of benzene rings is 1. The van der Waals surface area contributed by atoms with E-state index in [9.17, 15) is 9.59 Å². The number of aryl methyl sites for hydroxylation is 1. The molecule has 0 spiro atoms. The van der Waals surface area contributed by atoms with Gasteiger partial charge in [-0.3, -0.25) is 14.5 Å². The van der Waals surface area contributed by atoms with Gasteiger partial charge in [0.05, 0.1) is 31.1 Å². The lowest BCUT2D eigenvalue weighted by atomic mass is 10.1. The average molecular weight is 500 g/mol. The van der Waals surface area contributed by atoms with E-state index in [-0.39, 0.29) is 31.4 Å². The van der Waals surface area contributed by atoms with Gasteiger partial charge in [-0.15, -0.1) is 21.5 Å². The SMILES string of the molecule is CCCN(Cc1nnc(-c2cccs2)o1)C(=O)CN(CCOC)CC(=O)Nc1cccc(C)c1C. The first-order chi connectivity index (χ1) is 16.9. The van der Waals surface area contributed by atoms with Crippen LogP contribution in [-0.4, -0.2) is 71.7 Å². The number of nitrogens with one attached hydrogen (secondary N) is 1. The molecule has 1 aromatic carbocycles. The van der Waals surface area contributed by atoms with E-state index in [1.807, 2.05) is 56.5 Å². The summed E-state index contributed by atoms with van der Waals surface area (Å²) in [4.78, 5) is 30.4. The summed E-state index contributed by atoms with van der Waals surface area (Å²) >= 11 is 1.52. The summed E-state index contributed by atoms with van der Waals surface area (Å²) in [5.41, 5.74) is 2.90. The second kappa shape index (κ2) is 13.1. The van der Waals surface area contributed by atoms with Crippen molar-refractivity contribution in [2.45, 2.75) is 33.7 Å². The number of hydrogen-bond donors (Lipinski definition) is 1. The van der Waals surface area contributed by atoms with Crippen molar-refractivity contribution in [2.75, 3.05) is 45.2 Å². The number of carbonyl (C=O) groups excluding carboxylic acids is 2. The Bertz CT molecular complexity index is 1100. The molecule has 0 radical (unpaired) electrons. The molecule has 2 heterocycles. The molecule has 0 saturated carbocycles. The molecule has 0 aliphatic carbocycles. The smallest absolute Gasteiger partial charge is 0.257 e. The lowest BCUT2D eigenvalue weighted by molar-refractivity contribution is -0.134. The standard InChI is InChI=1S/C25H33N5O4S/c1-5-11-30(16-23-27-28-25(34-23)21-10-7-14-35-21)24(32)17-29(12-13-33-4)15-22(31)26-20-9-6-8-18(2)19(20)3/h6-10,14H,5,11-13,15-17H2,1-4H3,(H,26,31). The number of rotatable bonds is 13. The van der Waals surface area contributed by atoms with E-state index in [2.05, 4.69) is 15.5 Å². The number of ether oxygens (including phenoxy) is 1. The van der Waals surface area contributed by atoms with E-state index in [0.29, 0.717) is 31.5 Å². The molecule has 9 nitrogen and oxygen atoms in total. The molecule has 0 aliphatic heterocycles. The van der Waals surface area contributed by atoms with Gasteiger partial charge in [0.2, 0.25) is 17.7 Å². The Morgan fingerprint density at radius 3 is 2.66 bits per heavy atom. The topological polar surface area (TPSA) is 101 Å². The van der Waals surface area contributed by atoms with Gasteiger partial charge in [-0.05, 0) is 48.9 Å². The van der Waals surface area contributed by atoms with Gasteiger partial charge >= 0.3 is 0 Å². The molecule has 2 aromatic heterocycles. The summed E-state index contributed by atoms with van der Waals surface area (Å²) in [7, 11) is 1.60. The molecule has 10 heteroatoms. The molecular formula is C25H33N5O4S. The van der Waals surface area contributed by atoms with E-state index in [1.165, 1.54) is 11.3 Å². The highest BCUT2D eigenvalue weighted by Gasteiger charge is 2.22. The van der Waals surface area contributed by atoms with Crippen LogP contribution in [-0.2, 0) is 20.9 Å². The predicted molar refractivity (Wildman–Crippen MR) is 136 cm³/mol. The van der Waals surface area contributed by atoms with Crippen LogP contribution >= 0.6 is 11.3 Å². The van der Waals surface area contributed by atoms with Gasteiger partial charge in [0.25, 0.3) is 5.89 Å². The minimum absolute atomic E-state index is 0.0749. The van der Waals surface area contributed by atoms with Gasteiger partial charge in [0.1, 0.15) is 0 Å². The number of thiophene rings is 1. The maximum Gasteiger partial charge on any atom is 0.257 e. The monoisotopic (exact) mass is 499 g/mol. The molecule has 0 saturated heterocycles. The number of methoxy groups -OCH3 is 1. The lowest BCUT2D eigenvalue weighted by Gasteiger charge is -2.26. The number of anilines is 1. The molecule has 188 valence electrons. The summed E-state index contributed by atoms with van der Waals surface area (Å²) in [5, 5.41) is 13.1. The lowest BCUT2D eigenvalue weighted by Crippen LogP contribution is -2.44. The van der Waals surface area contributed by atoms with Crippen LogP contribution in [0.3, 0.4) is 0 Å². The highest BCUT2D eigenvalue weighted by molar-refractivity contribution is 7.13. The van der Waals surface area contributed by atoms with Crippen LogP contribution in [0.15, 0.2) is 40.1 Å². The minimum atomic E-state index is -0.179. The van der Waals surface area contributed by atoms with Crippen LogP contribution in [0.5, 0.6) is 0 Å². The molecule has 0 bridgehead atoms. The quantitative estimate of drug-likeness (QED) is 0.382. The fourth-order valence-electron chi connectivity index (χ4n) is 3.55. The van der Waals surface area contributed by atoms with Gasteiger partial charge < -0.3 is 19.4 Å². The molecule has 0 fully saturated rings. The summed E-state index contributed by atoms with van der Waals surface area (Å²) < 4.78 is 11.0. The van der Waals surface area contributed by atoms with Gasteiger partial charge in [-0.25, -0.2) is 0 Å². The average Bonchev–Trinajstić information content (AvgIpc) is 3.52. The third kappa shape index (κ3) is 7.71. The zero-order valence-electron chi connectivity index (χ0n) is 20.7. The summed E-state index contributed by atoms with van der Waals surface area (Å²) in [6, 6.07) is 9.62. The van der Waals surface area contributed by atoms with Crippen molar-refractivity contribution in [1.29, 1.82) is 0 Å². The molecular weight excluding hydrogens is 466 g/mol. The number of nitrogens with zero attached hydrogens (tertiary/aromatic N) is 4. The Hall–Kier alpha value is -3.08. The van der Waals surface area contributed by atoms with Crippen LogP contribution in [0.25, 0.3) is 10.8 Å². The van der Waals surface area contributed by atoms with Crippen LogP contribution in [0, 0.1) is 13.8 Å². The van der Waals surface area contributed by atoms with Crippen molar-refractivity contribution < 1.29 is 18.7 Å². The van der Waals surface area contributed by atoms with E-state index in [0.717, 1.165) is 28.1 Å². The summed E-state index contributed by atoms with van der Waals surface area (Å²) in [5.74, 6) is 0.538. The maximum atomic E-state index is 13.2. The van der Waals surface area contributed by atoms with Crippen molar-refractivity contribution in [1.82, 2.24) is 20.0 Å². The molecule has 0 unspecified atom stereocenters. The highest BCUT2D eigenvalue weighted by Crippen LogP contribution is 2.23. The van der Waals surface area contributed by atoms with E-state index in [4.69, 9.17) is 9.15 Å². The molecule has 2 amide bonds. The Balaban J connectivity index is 1.64. The van der Waals surface area contributed by atoms with E-state index in [1.54, 1.807) is 16.9 Å². The van der Waals surface area contributed by atoms with Crippen molar-refractivity contribution in [3.63, 3.8) is 0 Å². The number of hydrogen-bond acceptors (Lipinski definition) is 8. The largest absolute Gasteiger partial charge is 0.418 e. The normalized spacial score (nSPS) is 11.1. The van der Waals surface area contributed by atoms with Crippen LogP contribution in [0.4, 0.5) is 5.69 Å². The second-order valence-corrected chi connectivity index (χ2v) is 9.24. The highest BCUT2D eigenvalue weighted by atomic mass is 32.1. The van der Waals surface area contributed by atoms with Crippen molar-refractivity contribution in [2.24, 2.45) is 0 Å². The summed E-state index contributed by atoms with van der Waals surface area (Å²) in [6.45, 7) is 7.76. The number of carbonyl (C=O) groups is 2. The van der Waals surface area contributed by atoms with Crippen LogP contribution in [0.2, 0.25) is 0 Å². The molecule has 35 heavy (non-hydrogen) atoms. The Morgan fingerprint density at radius 1 is 1.11 bits per heavy atom. The fourth-order valence-corrected chi connectivity index (χ4v) is 4.19. The molecule has 0 aliphatic rings. The van der Waals surface area contributed by atoms with Crippen LogP contribution in [0.1, 0.15) is 30.4 Å². The zero-order valence-corrected chi connectivity index (χ0v) is 21.6. The number of aromatic nitrogens is 2. The Kier molecular flexibility index (Phi) is 9.95. The van der Waals surface area contributed by atoms with Crippen molar-refractivity contribution in [3.05, 3.63) is 52.7 Å². The summed E-state index contributed by atoms with van der Waals surface area (Å²) in [6.07, 6.45) is 0.781. The Morgan fingerprint density at radius 2 is 1.94 bits per heavy atom. The molecule has 3 rings (SSSR count). The zero-order chi connectivity index (χ0) is 25.2. The fraction of sp³-hybridized carbons (Fsp3) is 0.440. The molecule has 0 atom stereocenters. The third-order valence-corrected chi connectivity index (χ3v) is 6.45. The van der Waals surface area contributed by atoms with Gasteiger partial charge in [0.15, 0.2) is 0 Å². The van der Waals surface area contributed by atoms with Gasteiger partial charge in [-0.2, -0.15) is 0 Å².